The Morgan fingerprint density at radius 3 is 2.88 bits per heavy atom. The second-order valence-electron chi connectivity index (χ2n) is 5.06. The Balaban J connectivity index is 1.76. The molecule has 0 bridgehead atoms. The fourth-order valence-electron chi connectivity index (χ4n) is 2.79. The SMILES string of the molecule is O=C(CCC1CCCO1)N1CCCCC1CBr. The topological polar surface area (TPSA) is 29.5 Å². The minimum absolute atomic E-state index is 0.324. The Kier molecular flexibility index (Phi) is 5.29. The highest BCUT2D eigenvalue weighted by Crippen LogP contribution is 2.22. The molecule has 0 aromatic heterocycles. The first-order valence-corrected chi connectivity index (χ1v) is 7.90. The minimum atomic E-state index is 0.324. The van der Waals surface area contributed by atoms with E-state index in [-0.39, 0.29) is 0 Å². The maximum atomic E-state index is 12.2. The summed E-state index contributed by atoms with van der Waals surface area (Å²) in [5.74, 6) is 0.324. The molecule has 2 atom stereocenters. The lowest BCUT2D eigenvalue weighted by molar-refractivity contribution is -0.134. The summed E-state index contributed by atoms with van der Waals surface area (Å²) in [6, 6.07) is 0.417. The lowest BCUT2D eigenvalue weighted by Crippen LogP contribution is -2.44. The van der Waals surface area contributed by atoms with Gasteiger partial charge in [-0.15, -0.1) is 0 Å². The van der Waals surface area contributed by atoms with Crippen LogP contribution in [0.2, 0.25) is 0 Å². The fourth-order valence-corrected chi connectivity index (χ4v) is 3.46. The molecule has 2 heterocycles. The van der Waals surface area contributed by atoms with E-state index in [9.17, 15) is 4.79 Å². The zero-order valence-electron chi connectivity index (χ0n) is 10.4. The number of alkyl halides is 1. The first kappa shape index (κ1) is 13.3. The fraction of sp³-hybridized carbons (Fsp3) is 0.923. The predicted octanol–water partition coefficient (Wildman–Crippen LogP) is 2.72. The summed E-state index contributed by atoms with van der Waals surface area (Å²) in [6.45, 7) is 1.83. The Hall–Kier alpha value is -0.0900. The summed E-state index contributed by atoms with van der Waals surface area (Å²) in [5, 5.41) is 0.915. The van der Waals surface area contributed by atoms with Crippen LogP contribution >= 0.6 is 15.9 Å². The molecule has 3 nitrogen and oxygen atoms in total. The molecule has 2 aliphatic rings. The van der Waals surface area contributed by atoms with E-state index in [0.717, 1.165) is 50.6 Å². The van der Waals surface area contributed by atoms with Crippen LogP contribution in [0, 0.1) is 0 Å². The van der Waals surface area contributed by atoms with Crippen LogP contribution in [0.25, 0.3) is 0 Å². The molecule has 1 amide bonds. The van der Waals surface area contributed by atoms with Gasteiger partial charge in [-0.2, -0.15) is 0 Å². The van der Waals surface area contributed by atoms with Crippen molar-refractivity contribution < 1.29 is 9.53 Å². The van der Waals surface area contributed by atoms with Gasteiger partial charge in [-0.05, 0) is 38.5 Å². The van der Waals surface area contributed by atoms with Gasteiger partial charge in [-0.3, -0.25) is 4.79 Å². The van der Waals surface area contributed by atoms with Crippen LogP contribution in [0.1, 0.15) is 44.9 Å². The molecule has 0 N–H and O–H groups in total. The number of likely N-dealkylation sites (tertiary alicyclic amines) is 1. The second kappa shape index (κ2) is 6.74. The van der Waals surface area contributed by atoms with Crippen molar-refractivity contribution in [1.29, 1.82) is 0 Å². The third-order valence-electron chi connectivity index (χ3n) is 3.83. The molecule has 0 aliphatic carbocycles. The van der Waals surface area contributed by atoms with Gasteiger partial charge in [-0.25, -0.2) is 0 Å². The van der Waals surface area contributed by atoms with E-state index in [4.69, 9.17) is 4.74 Å². The predicted molar refractivity (Wildman–Crippen MR) is 71.4 cm³/mol. The quantitative estimate of drug-likeness (QED) is 0.747. The highest BCUT2D eigenvalue weighted by Gasteiger charge is 2.26. The third-order valence-corrected chi connectivity index (χ3v) is 4.58. The van der Waals surface area contributed by atoms with Gasteiger partial charge in [0.15, 0.2) is 0 Å². The minimum Gasteiger partial charge on any atom is -0.378 e. The lowest BCUT2D eigenvalue weighted by Gasteiger charge is -2.35. The molecule has 2 saturated heterocycles. The van der Waals surface area contributed by atoms with Crippen LogP contribution in [0.3, 0.4) is 0 Å². The summed E-state index contributed by atoms with van der Waals surface area (Å²) in [5.41, 5.74) is 0. The first-order valence-electron chi connectivity index (χ1n) is 6.78. The molecule has 0 radical (unpaired) electrons. The monoisotopic (exact) mass is 303 g/mol. The second-order valence-corrected chi connectivity index (χ2v) is 5.71. The molecular weight excluding hydrogens is 282 g/mol. The van der Waals surface area contributed by atoms with Crippen LogP contribution in [-0.4, -0.2) is 41.4 Å². The Morgan fingerprint density at radius 1 is 1.29 bits per heavy atom. The largest absolute Gasteiger partial charge is 0.378 e. The van der Waals surface area contributed by atoms with Gasteiger partial charge in [0.1, 0.15) is 0 Å². The Bertz CT molecular complexity index is 254. The van der Waals surface area contributed by atoms with Crippen LogP contribution in [0.15, 0.2) is 0 Å². The van der Waals surface area contributed by atoms with E-state index in [2.05, 4.69) is 20.8 Å². The first-order chi connectivity index (χ1) is 8.31. The van der Waals surface area contributed by atoms with E-state index >= 15 is 0 Å². The van der Waals surface area contributed by atoms with Gasteiger partial charge in [0.25, 0.3) is 0 Å². The van der Waals surface area contributed by atoms with E-state index in [1.807, 2.05) is 0 Å². The summed E-state index contributed by atoms with van der Waals surface area (Å²) >= 11 is 3.52. The number of carbonyl (C=O) groups is 1. The molecule has 0 spiro atoms. The zero-order valence-corrected chi connectivity index (χ0v) is 12.0. The van der Waals surface area contributed by atoms with Gasteiger partial charge >= 0.3 is 0 Å². The number of nitrogens with zero attached hydrogens (tertiary/aromatic N) is 1. The highest BCUT2D eigenvalue weighted by molar-refractivity contribution is 9.09. The molecule has 17 heavy (non-hydrogen) atoms. The van der Waals surface area contributed by atoms with Gasteiger partial charge in [0, 0.05) is 30.9 Å². The number of rotatable bonds is 4. The van der Waals surface area contributed by atoms with Crippen molar-refractivity contribution in [2.24, 2.45) is 0 Å². The number of amides is 1. The molecule has 2 rings (SSSR count). The molecular formula is C13H22BrNO2. The number of ether oxygens (including phenoxy) is 1. The van der Waals surface area contributed by atoms with Crippen molar-refractivity contribution in [1.82, 2.24) is 4.90 Å². The van der Waals surface area contributed by atoms with Crippen molar-refractivity contribution in [2.45, 2.75) is 57.1 Å². The Morgan fingerprint density at radius 2 is 2.18 bits per heavy atom. The molecule has 0 aromatic carbocycles. The van der Waals surface area contributed by atoms with Crippen LogP contribution in [0.5, 0.6) is 0 Å². The van der Waals surface area contributed by atoms with Crippen LogP contribution < -0.4 is 0 Å². The molecule has 0 saturated carbocycles. The zero-order chi connectivity index (χ0) is 12.1. The van der Waals surface area contributed by atoms with Crippen LogP contribution in [-0.2, 0) is 9.53 Å². The molecule has 98 valence electrons. The molecule has 0 aromatic rings. The average Bonchev–Trinajstić information content (AvgIpc) is 2.89. The van der Waals surface area contributed by atoms with Gasteiger partial charge in [0.2, 0.25) is 5.91 Å². The average molecular weight is 304 g/mol. The molecule has 4 heteroatoms. The normalized spacial score (nSPS) is 29.6. The van der Waals surface area contributed by atoms with E-state index in [0.29, 0.717) is 24.5 Å². The summed E-state index contributed by atoms with van der Waals surface area (Å²) in [7, 11) is 0. The van der Waals surface area contributed by atoms with Gasteiger partial charge in [0.05, 0.1) is 6.10 Å². The van der Waals surface area contributed by atoms with Gasteiger partial charge in [-0.1, -0.05) is 15.9 Å². The van der Waals surface area contributed by atoms with E-state index in [1.165, 1.54) is 6.42 Å². The smallest absolute Gasteiger partial charge is 0.222 e. The molecule has 2 aliphatic heterocycles. The number of carbonyl (C=O) groups excluding carboxylic acids is 1. The van der Waals surface area contributed by atoms with Gasteiger partial charge < -0.3 is 9.64 Å². The maximum absolute atomic E-state index is 12.2. The number of piperidine rings is 1. The summed E-state index contributed by atoms with van der Waals surface area (Å²) in [6.07, 6.45) is 7.77. The van der Waals surface area contributed by atoms with Crippen molar-refractivity contribution in [3.8, 4) is 0 Å². The summed E-state index contributed by atoms with van der Waals surface area (Å²) in [4.78, 5) is 14.3. The third kappa shape index (κ3) is 3.68. The lowest BCUT2D eigenvalue weighted by atomic mass is 10.0. The maximum Gasteiger partial charge on any atom is 0.222 e. The number of halogens is 1. The number of hydrogen-bond acceptors (Lipinski definition) is 2. The van der Waals surface area contributed by atoms with Crippen molar-refractivity contribution >= 4 is 21.8 Å². The van der Waals surface area contributed by atoms with Crippen molar-refractivity contribution in [3.05, 3.63) is 0 Å². The van der Waals surface area contributed by atoms with Crippen LogP contribution in [0.4, 0.5) is 0 Å². The van der Waals surface area contributed by atoms with E-state index in [1.54, 1.807) is 0 Å². The standard InChI is InChI=1S/C13H22BrNO2/c14-10-11-4-1-2-8-15(11)13(16)7-6-12-5-3-9-17-12/h11-12H,1-10H2. The highest BCUT2D eigenvalue weighted by atomic mass is 79.9. The van der Waals surface area contributed by atoms with E-state index < -0.39 is 0 Å². The summed E-state index contributed by atoms with van der Waals surface area (Å²) < 4.78 is 5.56. The van der Waals surface area contributed by atoms with Crippen molar-refractivity contribution in [3.63, 3.8) is 0 Å². The molecule has 2 fully saturated rings. The number of hydrogen-bond donors (Lipinski definition) is 0. The van der Waals surface area contributed by atoms with Crippen molar-refractivity contribution in [2.75, 3.05) is 18.5 Å². The Labute approximate surface area is 112 Å². The molecule has 2 unspecified atom stereocenters.